The molecule has 0 radical (unpaired) electrons. The average molecular weight is 392 g/mol. The smallest absolute Gasteiger partial charge is 0.338 e. The van der Waals surface area contributed by atoms with Crippen molar-refractivity contribution < 1.29 is 39.1 Å². The number of nitrogens with zero attached hydrogens (tertiary/aromatic N) is 2. The molecule has 2 rings (SSSR count). The number of esters is 2. The average Bonchev–Trinajstić information content (AvgIpc) is 2.66. The minimum Gasteiger partial charge on any atom is -0.502 e. The van der Waals surface area contributed by atoms with Crippen molar-refractivity contribution in [3.63, 3.8) is 0 Å². The van der Waals surface area contributed by atoms with Gasteiger partial charge in [0.2, 0.25) is 11.5 Å². The number of hydrogen-bond donors (Lipinski definition) is 2. The summed E-state index contributed by atoms with van der Waals surface area (Å²) in [7, 11) is 2.03. The van der Waals surface area contributed by atoms with E-state index in [9.17, 15) is 40.0 Å². The minimum atomic E-state index is -0.999. The number of phenols is 2. The maximum Gasteiger partial charge on any atom is 0.338 e. The van der Waals surface area contributed by atoms with Gasteiger partial charge in [0, 0.05) is 23.3 Å². The second-order valence-electron chi connectivity index (χ2n) is 5.28. The molecule has 0 amide bonds. The molecule has 0 saturated carbocycles. The highest BCUT2D eigenvalue weighted by atomic mass is 16.6. The van der Waals surface area contributed by atoms with Gasteiger partial charge in [0.05, 0.1) is 35.2 Å². The van der Waals surface area contributed by atoms with E-state index in [1.807, 2.05) is 0 Å². The lowest BCUT2D eigenvalue weighted by atomic mass is 9.97. The van der Waals surface area contributed by atoms with Gasteiger partial charge in [-0.1, -0.05) is 0 Å². The molecule has 0 saturated heterocycles. The number of ether oxygens (including phenoxy) is 2. The molecule has 28 heavy (non-hydrogen) atoms. The lowest BCUT2D eigenvalue weighted by molar-refractivity contribution is -0.386. The van der Waals surface area contributed by atoms with Gasteiger partial charge in [-0.25, -0.2) is 9.59 Å². The van der Waals surface area contributed by atoms with Crippen molar-refractivity contribution in [2.24, 2.45) is 0 Å². The fourth-order valence-electron chi connectivity index (χ4n) is 2.40. The Morgan fingerprint density at radius 1 is 0.786 bits per heavy atom. The summed E-state index contributed by atoms with van der Waals surface area (Å²) in [5.41, 5.74) is -3.56. The lowest BCUT2D eigenvalue weighted by Gasteiger charge is -2.11. The van der Waals surface area contributed by atoms with Crippen molar-refractivity contribution in [3.8, 4) is 22.6 Å². The Labute approximate surface area is 155 Å². The van der Waals surface area contributed by atoms with Gasteiger partial charge >= 0.3 is 23.3 Å². The minimum absolute atomic E-state index is 0.368. The van der Waals surface area contributed by atoms with E-state index < -0.39 is 55.8 Å². The van der Waals surface area contributed by atoms with Gasteiger partial charge in [-0.05, 0) is 12.1 Å². The van der Waals surface area contributed by atoms with E-state index >= 15 is 0 Å². The number of nitro groups is 2. The number of benzene rings is 2. The Kier molecular flexibility index (Phi) is 5.43. The van der Waals surface area contributed by atoms with Crippen LogP contribution in [0.2, 0.25) is 0 Å². The Morgan fingerprint density at radius 2 is 1.11 bits per heavy atom. The van der Waals surface area contributed by atoms with Gasteiger partial charge in [-0.3, -0.25) is 20.2 Å². The van der Waals surface area contributed by atoms with E-state index in [1.54, 1.807) is 0 Å². The van der Waals surface area contributed by atoms with E-state index in [0.29, 0.717) is 0 Å². The van der Waals surface area contributed by atoms with Crippen LogP contribution in [-0.2, 0) is 9.47 Å². The quantitative estimate of drug-likeness (QED) is 0.435. The van der Waals surface area contributed by atoms with Crippen molar-refractivity contribution in [2.75, 3.05) is 14.2 Å². The molecule has 0 atom stereocenters. The molecule has 12 nitrogen and oxygen atoms in total. The topological polar surface area (TPSA) is 179 Å². The summed E-state index contributed by atoms with van der Waals surface area (Å²) in [5.74, 6) is -3.96. The van der Waals surface area contributed by atoms with Crippen LogP contribution in [-0.4, -0.2) is 46.2 Å². The predicted octanol–water partition coefficient (Wildman–Crippen LogP) is 2.15. The van der Waals surface area contributed by atoms with E-state index in [1.165, 1.54) is 0 Å². The first-order valence-electron chi connectivity index (χ1n) is 7.32. The van der Waals surface area contributed by atoms with Crippen molar-refractivity contribution in [3.05, 3.63) is 55.6 Å². The van der Waals surface area contributed by atoms with E-state index in [0.717, 1.165) is 38.5 Å². The van der Waals surface area contributed by atoms with E-state index in [4.69, 9.17) is 0 Å². The second-order valence-corrected chi connectivity index (χ2v) is 5.28. The van der Waals surface area contributed by atoms with Crippen LogP contribution in [0.3, 0.4) is 0 Å². The third kappa shape index (κ3) is 3.51. The van der Waals surface area contributed by atoms with Gasteiger partial charge < -0.3 is 19.7 Å². The number of phenolic OH excluding ortho intramolecular Hbond substituents is 2. The van der Waals surface area contributed by atoms with Crippen LogP contribution in [0.4, 0.5) is 11.4 Å². The van der Waals surface area contributed by atoms with Gasteiger partial charge in [-0.2, -0.15) is 0 Å². The third-order valence-electron chi connectivity index (χ3n) is 3.71. The maximum absolute atomic E-state index is 11.8. The lowest BCUT2D eigenvalue weighted by Crippen LogP contribution is -2.05. The fourth-order valence-corrected chi connectivity index (χ4v) is 2.40. The maximum atomic E-state index is 11.8. The third-order valence-corrected chi connectivity index (χ3v) is 3.71. The molecule has 146 valence electrons. The zero-order valence-corrected chi connectivity index (χ0v) is 14.4. The summed E-state index contributed by atoms with van der Waals surface area (Å²) in [4.78, 5) is 44.0. The molecule has 0 heterocycles. The van der Waals surface area contributed by atoms with Crippen LogP contribution in [0.1, 0.15) is 20.7 Å². The molecule has 2 aromatic rings. The monoisotopic (exact) mass is 392 g/mol. The highest BCUT2D eigenvalue weighted by Crippen LogP contribution is 2.45. The zero-order valence-electron chi connectivity index (χ0n) is 14.4. The molecule has 0 aliphatic carbocycles. The summed E-state index contributed by atoms with van der Waals surface area (Å²) in [5, 5.41) is 42.9. The summed E-state index contributed by atoms with van der Waals surface area (Å²) < 4.78 is 8.97. The molecule has 2 aromatic carbocycles. The van der Waals surface area contributed by atoms with Crippen molar-refractivity contribution in [2.45, 2.75) is 0 Å². The number of carbonyl (C=O) groups excluding carboxylic acids is 2. The van der Waals surface area contributed by atoms with Gasteiger partial charge in [0.25, 0.3) is 0 Å². The number of carbonyl (C=O) groups is 2. The molecule has 0 aliphatic rings. The summed E-state index contributed by atoms with van der Waals surface area (Å²) in [6, 6.07) is 3.32. The largest absolute Gasteiger partial charge is 0.502 e. The Bertz CT molecular complexity index is 933. The number of aromatic hydroxyl groups is 2. The van der Waals surface area contributed by atoms with Gasteiger partial charge in [-0.15, -0.1) is 0 Å². The van der Waals surface area contributed by atoms with Crippen LogP contribution in [0.15, 0.2) is 24.3 Å². The number of hydrogen-bond acceptors (Lipinski definition) is 10. The molecule has 0 aliphatic heterocycles. The van der Waals surface area contributed by atoms with E-state index in [-0.39, 0.29) is 11.1 Å². The van der Waals surface area contributed by atoms with Crippen LogP contribution in [0.25, 0.3) is 11.1 Å². The SMILES string of the molecule is COC(=O)c1cc(-c2cc(C(=O)OC)cc([N+](=O)[O-])c2O)c(O)c([N+](=O)[O-])c1. The summed E-state index contributed by atoms with van der Waals surface area (Å²) in [6.07, 6.45) is 0. The highest BCUT2D eigenvalue weighted by molar-refractivity contribution is 5.97. The standard InChI is InChI=1S/C16H12N2O10/c1-27-15(21)7-3-9(13(19)11(5-7)17(23)24)10-4-8(16(22)28-2)6-12(14(10)20)18(25)26/h3-6,19-20H,1-2H3. The Hall–Kier alpha value is -4.22. The molecule has 0 spiro atoms. The van der Waals surface area contributed by atoms with Crippen LogP contribution >= 0.6 is 0 Å². The molecule has 0 aromatic heterocycles. The molecular formula is C16H12N2O10. The molecule has 12 heteroatoms. The fraction of sp³-hybridized carbons (Fsp3) is 0.125. The Balaban J connectivity index is 2.93. The first kappa shape index (κ1) is 20.1. The first-order valence-corrected chi connectivity index (χ1v) is 7.32. The molecule has 2 N–H and O–H groups in total. The van der Waals surface area contributed by atoms with Gasteiger partial charge in [0.15, 0.2) is 0 Å². The normalized spacial score (nSPS) is 10.2. The van der Waals surface area contributed by atoms with Crippen LogP contribution in [0, 0.1) is 20.2 Å². The number of nitro benzene ring substituents is 2. The number of methoxy groups -OCH3 is 2. The zero-order chi connectivity index (χ0) is 21.2. The van der Waals surface area contributed by atoms with Crippen molar-refractivity contribution in [1.82, 2.24) is 0 Å². The van der Waals surface area contributed by atoms with Gasteiger partial charge in [0.1, 0.15) is 0 Å². The summed E-state index contributed by atoms with van der Waals surface area (Å²) in [6.45, 7) is 0. The molecule has 0 unspecified atom stereocenters. The molecular weight excluding hydrogens is 380 g/mol. The van der Waals surface area contributed by atoms with Crippen molar-refractivity contribution in [1.29, 1.82) is 0 Å². The van der Waals surface area contributed by atoms with Crippen LogP contribution in [0.5, 0.6) is 11.5 Å². The Morgan fingerprint density at radius 3 is 1.36 bits per heavy atom. The predicted molar refractivity (Wildman–Crippen MR) is 91.2 cm³/mol. The van der Waals surface area contributed by atoms with Crippen molar-refractivity contribution >= 4 is 23.3 Å². The first-order chi connectivity index (χ1) is 13.1. The van der Waals surface area contributed by atoms with E-state index in [2.05, 4.69) is 9.47 Å². The highest BCUT2D eigenvalue weighted by Gasteiger charge is 2.29. The molecule has 0 bridgehead atoms. The second kappa shape index (κ2) is 7.57. The van der Waals surface area contributed by atoms with Crippen LogP contribution < -0.4 is 0 Å². The number of rotatable bonds is 5. The molecule has 0 fully saturated rings. The summed E-state index contributed by atoms with van der Waals surface area (Å²) >= 11 is 0.